The van der Waals surface area contributed by atoms with E-state index >= 15 is 0 Å². The SMILES string of the molecule is COc1ccc(S(=O)(=O)CCSC)cc1C(=O)O. The molecule has 18 heavy (non-hydrogen) atoms. The second kappa shape index (κ2) is 6.10. The summed E-state index contributed by atoms with van der Waals surface area (Å²) < 4.78 is 28.7. The molecular weight excluding hydrogens is 276 g/mol. The molecule has 0 fully saturated rings. The number of benzene rings is 1. The summed E-state index contributed by atoms with van der Waals surface area (Å²) in [5.41, 5.74) is -0.150. The van der Waals surface area contributed by atoms with Crippen LogP contribution in [0.5, 0.6) is 5.75 Å². The molecule has 1 aromatic rings. The molecule has 0 aliphatic rings. The van der Waals surface area contributed by atoms with E-state index in [1.165, 1.54) is 31.0 Å². The highest BCUT2D eigenvalue weighted by Crippen LogP contribution is 2.23. The molecule has 0 saturated carbocycles. The van der Waals surface area contributed by atoms with Crippen molar-refractivity contribution >= 4 is 27.6 Å². The van der Waals surface area contributed by atoms with Crippen molar-refractivity contribution in [3.8, 4) is 5.75 Å². The Morgan fingerprint density at radius 2 is 2.11 bits per heavy atom. The highest BCUT2D eigenvalue weighted by atomic mass is 32.2. The minimum atomic E-state index is -3.44. The predicted octanol–water partition coefficient (Wildman–Crippen LogP) is 1.53. The van der Waals surface area contributed by atoms with Crippen molar-refractivity contribution in [1.82, 2.24) is 0 Å². The monoisotopic (exact) mass is 290 g/mol. The van der Waals surface area contributed by atoms with Crippen molar-refractivity contribution in [1.29, 1.82) is 0 Å². The van der Waals surface area contributed by atoms with E-state index < -0.39 is 15.8 Å². The lowest BCUT2D eigenvalue weighted by atomic mass is 10.2. The zero-order valence-corrected chi connectivity index (χ0v) is 11.7. The summed E-state index contributed by atoms with van der Waals surface area (Å²) in [7, 11) is -2.11. The quantitative estimate of drug-likeness (QED) is 0.855. The van der Waals surface area contributed by atoms with Gasteiger partial charge >= 0.3 is 5.97 Å². The van der Waals surface area contributed by atoms with Crippen molar-refractivity contribution in [3.05, 3.63) is 23.8 Å². The number of rotatable bonds is 6. The number of hydrogen-bond acceptors (Lipinski definition) is 5. The van der Waals surface area contributed by atoms with Crippen molar-refractivity contribution in [2.24, 2.45) is 0 Å². The molecule has 1 aromatic carbocycles. The number of ether oxygens (including phenoxy) is 1. The van der Waals surface area contributed by atoms with Gasteiger partial charge < -0.3 is 9.84 Å². The number of methoxy groups -OCH3 is 1. The molecule has 0 bridgehead atoms. The standard InChI is InChI=1S/C11H14O5S2/c1-16-10-4-3-8(7-9(10)11(12)13)18(14,15)6-5-17-2/h3-4,7H,5-6H2,1-2H3,(H,12,13). The Hall–Kier alpha value is -1.21. The second-order valence-corrected chi connectivity index (χ2v) is 6.57. The van der Waals surface area contributed by atoms with E-state index in [0.717, 1.165) is 6.07 Å². The Labute approximate surface area is 110 Å². The lowest BCUT2D eigenvalue weighted by Crippen LogP contribution is -2.10. The maximum absolute atomic E-state index is 11.9. The van der Waals surface area contributed by atoms with Crippen LogP contribution in [0.25, 0.3) is 0 Å². The zero-order chi connectivity index (χ0) is 13.8. The maximum atomic E-state index is 11.9. The van der Waals surface area contributed by atoms with Gasteiger partial charge in [-0.1, -0.05) is 0 Å². The third-order valence-corrected chi connectivity index (χ3v) is 4.90. The van der Waals surface area contributed by atoms with E-state index in [0.29, 0.717) is 5.75 Å². The van der Waals surface area contributed by atoms with Crippen LogP contribution in [0, 0.1) is 0 Å². The Morgan fingerprint density at radius 1 is 1.44 bits per heavy atom. The lowest BCUT2D eigenvalue weighted by molar-refractivity contribution is 0.0693. The predicted molar refractivity (Wildman–Crippen MR) is 70.4 cm³/mol. The minimum Gasteiger partial charge on any atom is -0.496 e. The van der Waals surface area contributed by atoms with Crippen LogP contribution in [0.2, 0.25) is 0 Å². The molecule has 0 saturated heterocycles. The van der Waals surface area contributed by atoms with E-state index in [1.54, 1.807) is 0 Å². The van der Waals surface area contributed by atoms with E-state index in [-0.39, 0.29) is 22.0 Å². The average Bonchev–Trinajstić information content (AvgIpc) is 2.35. The van der Waals surface area contributed by atoms with E-state index in [9.17, 15) is 13.2 Å². The van der Waals surface area contributed by atoms with Crippen molar-refractivity contribution in [2.45, 2.75) is 4.90 Å². The van der Waals surface area contributed by atoms with Gasteiger partial charge in [0.2, 0.25) is 0 Å². The van der Waals surface area contributed by atoms with Crippen molar-refractivity contribution in [2.75, 3.05) is 24.9 Å². The second-order valence-electron chi connectivity index (χ2n) is 3.48. The summed E-state index contributed by atoms with van der Waals surface area (Å²) in [4.78, 5) is 11.0. The first-order valence-electron chi connectivity index (χ1n) is 5.05. The van der Waals surface area contributed by atoms with Gasteiger partial charge in [0.05, 0.1) is 17.8 Å². The molecule has 0 aliphatic heterocycles. The van der Waals surface area contributed by atoms with Crippen LogP contribution in [-0.4, -0.2) is 44.4 Å². The molecule has 1 N–H and O–H groups in total. The zero-order valence-electron chi connectivity index (χ0n) is 10.0. The fourth-order valence-corrected chi connectivity index (χ4v) is 3.71. The summed E-state index contributed by atoms with van der Waals surface area (Å²) >= 11 is 1.42. The van der Waals surface area contributed by atoms with Crippen LogP contribution in [-0.2, 0) is 9.84 Å². The van der Waals surface area contributed by atoms with Crippen LogP contribution in [0.1, 0.15) is 10.4 Å². The van der Waals surface area contributed by atoms with Gasteiger partial charge in [-0.3, -0.25) is 0 Å². The largest absolute Gasteiger partial charge is 0.496 e. The van der Waals surface area contributed by atoms with E-state index in [2.05, 4.69) is 0 Å². The molecule has 0 radical (unpaired) electrons. The van der Waals surface area contributed by atoms with Gasteiger partial charge in [0.15, 0.2) is 9.84 Å². The highest BCUT2D eigenvalue weighted by molar-refractivity contribution is 8.00. The molecule has 7 heteroatoms. The lowest BCUT2D eigenvalue weighted by Gasteiger charge is -2.08. The first kappa shape index (κ1) is 14.8. The van der Waals surface area contributed by atoms with Gasteiger partial charge in [0, 0.05) is 5.75 Å². The van der Waals surface area contributed by atoms with Gasteiger partial charge in [-0.25, -0.2) is 13.2 Å². The van der Waals surface area contributed by atoms with Gasteiger partial charge in [-0.05, 0) is 24.5 Å². The number of carbonyl (C=O) groups is 1. The molecule has 0 aliphatic carbocycles. The first-order chi connectivity index (χ1) is 8.42. The molecule has 5 nitrogen and oxygen atoms in total. The number of carboxylic acid groups (broad SMARTS) is 1. The molecule has 0 unspecified atom stereocenters. The summed E-state index contributed by atoms with van der Waals surface area (Å²) in [5.74, 6) is -0.615. The van der Waals surface area contributed by atoms with Crippen LogP contribution >= 0.6 is 11.8 Å². The smallest absolute Gasteiger partial charge is 0.339 e. The maximum Gasteiger partial charge on any atom is 0.339 e. The molecule has 1 rings (SSSR count). The van der Waals surface area contributed by atoms with Crippen LogP contribution in [0.15, 0.2) is 23.1 Å². The Bertz CT molecular complexity index is 536. The molecule has 0 atom stereocenters. The van der Waals surface area contributed by atoms with Crippen molar-refractivity contribution in [3.63, 3.8) is 0 Å². The molecule has 0 amide bonds. The number of hydrogen-bond donors (Lipinski definition) is 1. The average molecular weight is 290 g/mol. The van der Waals surface area contributed by atoms with Gasteiger partial charge in [0.1, 0.15) is 11.3 Å². The Morgan fingerprint density at radius 3 is 2.61 bits per heavy atom. The number of thioether (sulfide) groups is 1. The number of sulfone groups is 1. The molecule has 100 valence electrons. The fraction of sp³-hybridized carbons (Fsp3) is 0.364. The Kier molecular flexibility index (Phi) is 5.03. The summed E-state index contributed by atoms with van der Waals surface area (Å²) in [6.07, 6.45) is 1.81. The molecular formula is C11H14O5S2. The summed E-state index contributed by atoms with van der Waals surface area (Å²) in [5, 5.41) is 8.98. The third-order valence-electron chi connectivity index (χ3n) is 2.32. The fourth-order valence-electron chi connectivity index (χ4n) is 1.36. The molecule has 0 heterocycles. The molecule has 0 aromatic heterocycles. The highest BCUT2D eigenvalue weighted by Gasteiger charge is 2.19. The normalized spacial score (nSPS) is 11.2. The van der Waals surface area contributed by atoms with E-state index in [4.69, 9.17) is 9.84 Å². The van der Waals surface area contributed by atoms with Crippen LogP contribution < -0.4 is 4.74 Å². The minimum absolute atomic E-state index is 0.00903. The van der Waals surface area contributed by atoms with Gasteiger partial charge in [-0.2, -0.15) is 11.8 Å². The van der Waals surface area contributed by atoms with E-state index in [1.807, 2.05) is 6.26 Å². The van der Waals surface area contributed by atoms with Crippen molar-refractivity contribution < 1.29 is 23.1 Å². The summed E-state index contributed by atoms with van der Waals surface area (Å²) in [6, 6.07) is 3.85. The Balaban J connectivity index is 3.20. The van der Waals surface area contributed by atoms with Gasteiger partial charge in [-0.15, -0.1) is 0 Å². The number of carboxylic acids is 1. The molecule has 0 spiro atoms. The first-order valence-corrected chi connectivity index (χ1v) is 8.10. The third kappa shape index (κ3) is 3.39. The number of aromatic carboxylic acids is 1. The summed E-state index contributed by atoms with van der Waals surface area (Å²) in [6.45, 7) is 0. The van der Waals surface area contributed by atoms with Crippen LogP contribution in [0.3, 0.4) is 0 Å². The van der Waals surface area contributed by atoms with Crippen LogP contribution in [0.4, 0.5) is 0 Å². The topological polar surface area (TPSA) is 80.7 Å². The van der Waals surface area contributed by atoms with Gasteiger partial charge in [0.25, 0.3) is 0 Å².